The second-order valence-corrected chi connectivity index (χ2v) is 10.1. The van der Waals surface area contributed by atoms with Crippen LogP contribution in [-0.2, 0) is 0 Å². The Kier molecular flexibility index (Phi) is 3.60. The van der Waals surface area contributed by atoms with Crippen molar-refractivity contribution in [3.63, 3.8) is 0 Å². The van der Waals surface area contributed by atoms with Crippen molar-refractivity contribution < 1.29 is 0 Å². The molecular formula is C32H19NS. The van der Waals surface area contributed by atoms with Gasteiger partial charge in [0, 0.05) is 36.6 Å². The van der Waals surface area contributed by atoms with E-state index >= 15 is 0 Å². The molecule has 8 rings (SSSR count). The minimum absolute atomic E-state index is 1.20. The van der Waals surface area contributed by atoms with E-state index in [-0.39, 0.29) is 0 Å². The molecule has 0 aliphatic rings. The SMILES string of the molecule is c1ccc(-n2c3cc4c(cc3c3c5ccccc5ccc32)sc2ccc3ccccc3c24)cc1. The van der Waals surface area contributed by atoms with Crippen molar-refractivity contribution >= 4 is 74.9 Å². The fourth-order valence-electron chi connectivity index (χ4n) is 5.68. The molecule has 2 heterocycles. The van der Waals surface area contributed by atoms with Gasteiger partial charge in [0.05, 0.1) is 11.0 Å². The van der Waals surface area contributed by atoms with Crippen LogP contribution in [0.3, 0.4) is 0 Å². The van der Waals surface area contributed by atoms with Gasteiger partial charge in [0.15, 0.2) is 0 Å². The Balaban J connectivity index is 1.64. The lowest BCUT2D eigenvalue weighted by molar-refractivity contribution is 1.18. The number of rotatable bonds is 1. The third-order valence-electron chi connectivity index (χ3n) is 7.15. The molecule has 0 N–H and O–H groups in total. The lowest BCUT2D eigenvalue weighted by Crippen LogP contribution is -1.92. The van der Waals surface area contributed by atoms with E-state index in [4.69, 9.17) is 0 Å². The van der Waals surface area contributed by atoms with Crippen molar-refractivity contribution in [2.75, 3.05) is 0 Å². The lowest BCUT2D eigenvalue weighted by atomic mass is 10.0. The summed E-state index contributed by atoms with van der Waals surface area (Å²) in [6.07, 6.45) is 0. The van der Waals surface area contributed by atoms with Gasteiger partial charge in [0.2, 0.25) is 0 Å². The van der Waals surface area contributed by atoms with Crippen LogP contribution in [-0.4, -0.2) is 4.57 Å². The molecule has 2 aromatic heterocycles. The van der Waals surface area contributed by atoms with E-state index in [9.17, 15) is 0 Å². The van der Waals surface area contributed by atoms with Gasteiger partial charge in [-0.3, -0.25) is 0 Å². The molecule has 0 amide bonds. The van der Waals surface area contributed by atoms with E-state index in [0.717, 1.165) is 0 Å². The quantitative estimate of drug-likeness (QED) is 0.235. The largest absolute Gasteiger partial charge is 0.309 e. The fraction of sp³-hybridized carbons (Fsp3) is 0. The van der Waals surface area contributed by atoms with Gasteiger partial charge in [-0.25, -0.2) is 0 Å². The highest BCUT2D eigenvalue weighted by molar-refractivity contribution is 7.26. The first kappa shape index (κ1) is 18.3. The first-order valence-electron chi connectivity index (χ1n) is 11.6. The number of hydrogen-bond donors (Lipinski definition) is 0. The Morgan fingerprint density at radius 1 is 0.441 bits per heavy atom. The molecule has 0 atom stereocenters. The molecule has 0 unspecified atom stereocenters. The maximum atomic E-state index is 2.44. The summed E-state index contributed by atoms with van der Waals surface area (Å²) < 4.78 is 5.13. The molecule has 8 aromatic rings. The van der Waals surface area contributed by atoms with Crippen molar-refractivity contribution in [1.82, 2.24) is 4.57 Å². The van der Waals surface area contributed by atoms with Crippen molar-refractivity contribution in [3.8, 4) is 5.69 Å². The standard InChI is InChI=1S/C32H19NS/c1-2-10-22(11-3-1)33-27-16-14-20-8-4-6-12-23(20)31(27)25-19-30-26(18-28(25)33)32-24-13-7-5-9-21(24)15-17-29(32)34-30/h1-19H. The summed E-state index contributed by atoms with van der Waals surface area (Å²) in [5.41, 5.74) is 3.71. The van der Waals surface area contributed by atoms with Crippen molar-refractivity contribution in [2.45, 2.75) is 0 Å². The van der Waals surface area contributed by atoms with Crippen molar-refractivity contribution in [3.05, 3.63) is 115 Å². The highest BCUT2D eigenvalue weighted by Crippen LogP contribution is 2.44. The molecule has 1 nitrogen and oxygen atoms in total. The first-order valence-corrected chi connectivity index (χ1v) is 12.4. The average Bonchev–Trinajstić information content (AvgIpc) is 3.43. The molecule has 158 valence electrons. The topological polar surface area (TPSA) is 4.93 Å². The van der Waals surface area contributed by atoms with E-state index < -0.39 is 0 Å². The lowest BCUT2D eigenvalue weighted by Gasteiger charge is -2.08. The van der Waals surface area contributed by atoms with E-state index in [1.54, 1.807) is 0 Å². The highest BCUT2D eigenvalue weighted by Gasteiger charge is 2.18. The van der Waals surface area contributed by atoms with Gasteiger partial charge in [-0.2, -0.15) is 0 Å². The number of hydrogen-bond acceptors (Lipinski definition) is 1. The van der Waals surface area contributed by atoms with E-state index in [2.05, 4.69) is 120 Å². The number of nitrogens with zero attached hydrogens (tertiary/aromatic N) is 1. The summed E-state index contributed by atoms with van der Waals surface area (Å²) in [6, 6.07) is 42.2. The number of aromatic nitrogens is 1. The molecule has 6 aromatic carbocycles. The van der Waals surface area contributed by atoms with E-state index in [1.165, 1.54) is 69.2 Å². The van der Waals surface area contributed by atoms with E-state index in [0.29, 0.717) is 0 Å². The molecular weight excluding hydrogens is 430 g/mol. The van der Waals surface area contributed by atoms with Crippen LogP contribution in [0.15, 0.2) is 115 Å². The number of benzene rings is 6. The molecule has 0 aliphatic heterocycles. The summed E-state index contributed by atoms with van der Waals surface area (Å²) in [5.74, 6) is 0. The van der Waals surface area contributed by atoms with Gasteiger partial charge in [0.1, 0.15) is 0 Å². The predicted octanol–water partition coefficient (Wildman–Crippen LogP) is 9.46. The summed E-state index contributed by atoms with van der Waals surface area (Å²) in [7, 11) is 0. The maximum Gasteiger partial charge on any atom is 0.0548 e. The molecule has 2 heteroatoms. The minimum atomic E-state index is 1.20. The molecule has 0 saturated carbocycles. The monoisotopic (exact) mass is 449 g/mol. The van der Waals surface area contributed by atoms with Crippen molar-refractivity contribution in [1.29, 1.82) is 0 Å². The van der Waals surface area contributed by atoms with Crippen LogP contribution in [0.25, 0.3) is 69.2 Å². The Hall–Kier alpha value is -4.14. The Morgan fingerprint density at radius 3 is 1.91 bits per heavy atom. The van der Waals surface area contributed by atoms with Gasteiger partial charge in [0.25, 0.3) is 0 Å². The molecule has 34 heavy (non-hydrogen) atoms. The third-order valence-corrected chi connectivity index (χ3v) is 8.27. The minimum Gasteiger partial charge on any atom is -0.309 e. The second kappa shape index (κ2) is 6.69. The zero-order valence-corrected chi connectivity index (χ0v) is 19.1. The van der Waals surface area contributed by atoms with Crippen LogP contribution < -0.4 is 0 Å². The van der Waals surface area contributed by atoms with Gasteiger partial charge < -0.3 is 4.57 Å². The molecule has 0 fully saturated rings. The zero-order valence-electron chi connectivity index (χ0n) is 18.3. The Bertz CT molecular complexity index is 2060. The van der Waals surface area contributed by atoms with Gasteiger partial charge in [-0.05, 0) is 57.9 Å². The summed E-state index contributed by atoms with van der Waals surface area (Å²) in [5, 5.41) is 10.6. The molecule has 0 spiro atoms. The number of para-hydroxylation sites is 1. The molecule has 0 radical (unpaired) electrons. The maximum absolute atomic E-state index is 2.44. The summed E-state index contributed by atoms with van der Waals surface area (Å²) >= 11 is 1.90. The second-order valence-electron chi connectivity index (χ2n) is 8.98. The number of fused-ring (bicyclic) bond motifs is 10. The Morgan fingerprint density at radius 2 is 1.12 bits per heavy atom. The van der Waals surface area contributed by atoms with Crippen LogP contribution >= 0.6 is 11.3 Å². The fourth-order valence-corrected chi connectivity index (χ4v) is 6.82. The molecule has 0 aliphatic carbocycles. The van der Waals surface area contributed by atoms with Crippen LogP contribution in [0.4, 0.5) is 0 Å². The van der Waals surface area contributed by atoms with Crippen LogP contribution in [0.5, 0.6) is 0 Å². The first-order chi connectivity index (χ1) is 16.9. The van der Waals surface area contributed by atoms with Gasteiger partial charge in [-0.1, -0.05) is 78.9 Å². The van der Waals surface area contributed by atoms with Crippen LogP contribution in [0.1, 0.15) is 0 Å². The Labute approximate surface area is 200 Å². The van der Waals surface area contributed by atoms with Crippen molar-refractivity contribution in [2.24, 2.45) is 0 Å². The van der Waals surface area contributed by atoms with Crippen LogP contribution in [0, 0.1) is 0 Å². The third kappa shape index (κ3) is 2.38. The normalized spacial score (nSPS) is 12.1. The smallest absolute Gasteiger partial charge is 0.0548 e. The zero-order chi connectivity index (χ0) is 22.2. The van der Waals surface area contributed by atoms with Gasteiger partial charge in [-0.15, -0.1) is 11.3 Å². The van der Waals surface area contributed by atoms with E-state index in [1.807, 2.05) is 11.3 Å². The molecule has 0 saturated heterocycles. The van der Waals surface area contributed by atoms with Crippen LogP contribution in [0.2, 0.25) is 0 Å². The summed E-state index contributed by atoms with van der Waals surface area (Å²) in [6.45, 7) is 0. The average molecular weight is 450 g/mol. The summed E-state index contributed by atoms with van der Waals surface area (Å²) in [4.78, 5) is 0. The predicted molar refractivity (Wildman–Crippen MR) is 149 cm³/mol. The number of thiophene rings is 1. The highest BCUT2D eigenvalue weighted by atomic mass is 32.1. The molecule has 0 bridgehead atoms. The van der Waals surface area contributed by atoms with Gasteiger partial charge >= 0.3 is 0 Å².